The number of anilines is 1. The van der Waals surface area contributed by atoms with Gasteiger partial charge in [0.1, 0.15) is 5.75 Å². The van der Waals surface area contributed by atoms with Gasteiger partial charge in [0.05, 0.1) is 12.8 Å². The van der Waals surface area contributed by atoms with Crippen LogP contribution in [0.15, 0.2) is 18.2 Å². The van der Waals surface area contributed by atoms with Gasteiger partial charge in [-0.25, -0.2) is 0 Å². The molecule has 0 radical (unpaired) electrons. The van der Waals surface area contributed by atoms with Crippen molar-refractivity contribution in [3.8, 4) is 5.75 Å². The van der Waals surface area contributed by atoms with Crippen molar-refractivity contribution in [3.05, 3.63) is 23.8 Å². The van der Waals surface area contributed by atoms with Crippen LogP contribution in [0.3, 0.4) is 0 Å². The van der Waals surface area contributed by atoms with Crippen LogP contribution in [0.4, 0.5) is 5.69 Å². The molecule has 100 valence electrons. The van der Waals surface area contributed by atoms with Gasteiger partial charge in [-0.3, -0.25) is 0 Å². The zero-order valence-corrected chi connectivity index (χ0v) is 11.9. The number of nitrogens with zero attached hydrogens (tertiary/aromatic N) is 1. The van der Waals surface area contributed by atoms with E-state index in [0.717, 1.165) is 18.0 Å². The van der Waals surface area contributed by atoms with Gasteiger partial charge in [0, 0.05) is 18.6 Å². The number of hydrogen-bond donors (Lipinski definition) is 1. The monoisotopic (exact) mass is 248 g/mol. The molecular formula is C15H24N2O. The van der Waals surface area contributed by atoms with Crippen molar-refractivity contribution in [2.24, 2.45) is 0 Å². The van der Waals surface area contributed by atoms with Crippen molar-refractivity contribution in [2.45, 2.75) is 38.8 Å². The predicted octanol–water partition coefficient (Wildman–Crippen LogP) is 2.90. The first-order chi connectivity index (χ1) is 8.60. The van der Waals surface area contributed by atoms with Crippen LogP contribution in [0, 0.1) is 6.92 Å². The van der Waals surface area contributed by atoms with Gasteiger partial charge in [0.25, 0.3) is 0 Å². The highest BCUT2D eigenvalue weighted by molar-refractivity contribution is 5.58. The predicted molar refractivity (Wildman–Crippen MR) is 76.5 cm³/mol. The SMILES string of the molecule is COc1cc(C)ccc1NC1CCN(C)C(C)C1. The molecule has 1 N–H and O–H groups in total. The molecule has 0 amide bonds. The number of rotatable bonds is 3. The van der Waals surface area contributed by atoms with Gasteiger partial charge in [-0.05, 0) is 51.4 Å². The highest BCUT2D eigenvalue weighted by atomic mass is 16.5. The minimum atomic E-state index is 0.549. The molecule has 0 aromatic heterocycles. The van der Waals surface area contributed by atoms with Gasteiger partial charge in [-0.15, -0.1) is 0 Å². The molecule has 0 bridgehead atoms. The molecule has 0 saturated carbocycles. The number of hydrogen-bond acceptors (Lipinski definition) is 3. The van der Waals surface area contributed by atoms with Crippen LogP contribution in [0.2, 0.25) is 0 Å². The molecule has 0 aliphatic carbocycles. The number of piperidine rings is 1. The quantitative estimate of drug-likeness (QED) is 0.890. The van der Waals surface area contributed by atoms with Gasteiger partial charge >= 0.3 is 0 Å². The van der Waals surface area contributed by atoms with Crippen molar-refractivity contribution in [3.63, 3.8) is 0 Å². The van der Waals surface area contributed by atoms with Crippen LogP contribution in [0.5, 0.6) is 5.75 Å². The molecule has 18 heavy (non-hydrogen) atoms. The standard InChI is InChI=1S/C15H24N2O/c1-11-5-6-14(15(9-11)18-4)16-13-7-8-17(3)12(2)10-13/h5-6,9,12-13,16H,7-8,10H2,1-4H3. The molecule has 1 aromatic carbocycles. The molecule has 2 rings (SSSR count). The number of benzene rings is 1. The normalized spacial score (nSPS) is 24.9. The lowest BCUT2D eigenvalue weighted by atomic mass is 9.98. The van der Waals surface area contributed by atoms with Crippen molar-refractivity contribution in [1.29, 1.82) is 0 Å². The molecule has 3 heteroatoms. The van der Waals surface area contributed by atoms with E-state index in [9.17, 15) is 0 Å². The Morgan fingerprint density at radius 1 is 1.39 bits per heavy atom. The van der Waals surface area contributed by atoms with E-state index in [1.807, 2.05) is 0 Å². The molecule has 2 atom stereocenters. The first-order valence-electron chi connectivity index (χ1n) is 6.71. The maximum Gasteiger partial charge on any atom is 0.142 e. The lowest BCUT2D eigenvalue weighted by Crippen LogP contribution is -2.42. The van der Waals surface area contributed by atoms with Crippen molar-refractivity contribution >= 4 is 5.69 Å². The van der Waals surface area contributed by atoms with Crippen molar-refractivity contribution in [1.82, 2.24) is 4.90 Å². The summed E-state index contributed by atoms with van der Waals surface area (Å²) < 4.78 is 5.44. The third kappa shape index (κ3) is 2.96. The average Bonchev–Trinajstić information content (AvgIpc) is 2.36. The summed E-state index contributed by atoms with van der Waals surface area (Å²) in [7, 11) is 3.94. The average molecular weight is 248 g/mol. The van der Waals surface area contributed by atoms with Crippen molar-refractivity contribution in [2.75, 3.05) is 26.0 Å². The lowest BCUT2D eigenvalue weighted by molar-refractivity contribution is 0.190. The van der Waals surface area contributed by atoms with Crippen LogP contribution < -0.4 is 10.1 Å². The zero-order chi connectivity index (χ0) is 13.1. The molecule has 1 saturated heterocycles. The first kappa shape index (κ1) is 13.2. The minimum absolute atomic E-state index is 0.549. The van der Waals surface area contributed by atoms with E-state index in [-0.39, 0.29) is 0 Å². The number of aryl methyl sites for hydroxylation is 1. The molecule has 1 aromatic rings. The Kier molecular flexibility index (Phi) is 4.12. The van der Waals surface area contributed by atoms with E-state index in [0.29, 0.717) is 12.1 Å². The summed E-state index contributed by atoms with van der Waals surface area (Å²) in [5, 5.41) is 3.63. The van der Waals surface area contributed by atoms with Crippen LogP contribution in [0.1, 0.15) is 25.3 Å². The fourth-order valence-electron chi connectivity index (χ4n) is 2.56. The summed E-state index contributed by atoms with van der Waals surface area (Å²) in [5.41, 5.74) is 2.35. The summed E-state index contributed by atoms with van der Waals surface area (Å²) in [6, 6.07) is 7.53. The third-order valence-electron chi connectivity index (χ3n) is 3.92. The van der Waals surface area contributed by atoms with Gasteiger partial charge in [-0.2, -0.15) is 0 Å². The summed E-state index contributed by atoms with van der Waals surface area (Å²) >= 11 is 0. The number of likely N-dealkylation sites (tertiary alicyclic amines) is 1. The highest BCUT2D eigenvalue weighted by Gasteiger charge is 2.23. The molecule has 1 aliphatic heterocycles. The summed E-state index contributed by atoms with van der Waals surface area (Å²) in [6.07, 6.45) is 2.38. The number of methoxy groups -OCH3 is 1. The van der Waals surface area contributed by atoms with E-state index >= 15 is 0 Å². The maximum absolute atomic E-state index is 5.44. The second-order valence-corrected chi connectivity index (χ2v) is 5.40. The maximum atomic E-state index is 5.44. The fourth-order valence-corrected chi connectivity index (χ4v) is 2.56. The van der Waals surface area contributed by atoms with Gasteiger partial charge in [0.15, 0.2) is 0 Å². The summed E-state index contributed by atoms with van der Waals surface area (Å²) in [5.74, 6) is 0.946. The number of ether oxygens (including phenoxy) is 1. The summed E-state index contributed by atoms with van der Waals surface area (Å²) in [6.45, 7) is 5.54. The van der Waals surface area contributed by atoms with E-state index in [2.05, 4.69) is 49.3 Å². The largest absolute Gasteiger partial charge is 0.495 e. The van der Waals surface area contributed by atoms with E-state index in [4.69, 9.17) is 4.74 Å². The topological polar surface area (TPSA) is 24.5 Å². The Hall–Kier alpha value is -1.22. The van der Waals surface area contributed by atoms with Gasteiger partial charge < -0.3 is 15.0 Å². The molecule has 1 fully saturated rings. The summed E-state index contributed by atoms with van der Waals surface area (Å²) in [4.78, 5) is 2.42. The Balaban J connectivity index is 2.05. The zero-order valence-electron chi connectivity index (χ0n) is 11.9. The second-order valence-electron chi connectivity index (χ2n) is 5.40. The fraction of sp³-hybridized carbons (Fsp3) is 0.600. The highest BCUT2D eigenvalue weighted by Crippen LogP contribution is 2.28. The Labute approximate surface area is 110 Å². The van der Waals surface area contributed by atoms with Crippen LogP contribution >= 0.6 is 0 Å². The van der Waals surface area contributed by atoms with Crippen LogP contribution in [0.25, 0.3) is 0 Å². The van der Waals surface area contributed by atoms with Crippen molar-refractivity contribution < 1.29 is 4.74 Å². The van der Waals surface area contributed by atoms with E-state index in [1.165, 1.54) is 18.4 Å². The third-order valence-corrected chi connectivity index (χ3v) is 3.92. The smallest absolute Gasteiger partial charge is 0.142 e. The first-order valence-corrected chi connectivity index (χ1v) is 6.71. The molecule has 1 heterocycles. The Bertz CT molecular complexity index is 405. The van der Waals surface area contributed by atoms with Crippen LogP contribution in [-0.2, 0) is 0 Å². The van der Waals surface area contributed by atoms with Gasteiger partial charge in [-0.1, -0.05) is 6.07 Å². The van der Waals surface area contributed by atoms with E-state index in [1.54, 1.807) is 7.11 Å². The minimum Gasteiger partial charge on any atom is -0.495 e. The Morgan fingerprint density at radius 3 is 2.83 bits per heavy atom. The number of nitrogens with one attached hydrogen (secondary N) is 1. The molecule has 2 unspecified atom stereocenters. The second kappa shape index (κ2) is 5.61. The molecule has 0 spiro atoms. The van der Waals surface area contributed by atoms with Gasteiger partial charge in [0.2, 0.25) is 0 Å². The van der Waals surface area contributed by atoms with E-state index < -0.39 is 0 Å². The molecule has 1 aliphatic rings. The molecule has 3 nitrogen and oxygen atoms in total. The lowest BCUT2D eigenvalue weighted by Gasteiger charge is -2.36. The van der Waals surface area contributed by atoms with Crippen LogP contribution in [-0.4, -0.2) is 37.7 Å². The molecular weight excluding hydrogens is 224 g/mol. The Morgan fingerprint density at radius 2 is 2.17 bits per heavy atom.